The van der Waals surface area contributed by atoms with Crippen LogP contribution >= 0.6 is 11.3 Å². The van der Waals surface area contributed by atoms with Crippen LogP contribution in [0.5, 0.6) is 0 Å². The van der Waals surface area contributed by atoms with Crippen LogP contribution in [0.25, 0.3) is 10.6 Å². The lowest BCUT2D eigenvalue weighted by Crippen LogP contribution is -2.06. The fraction of sp³-hybridized carbons (Fsp3) is 0.231. The topological polar surface area (TPSA) is 39.2 Å². The zero-order valence-corrected chi connectivity index (χ0v) is 10.9. The molecule has 0 aliphatic heterocycles. The summed E-state index contributed by atoms with van der Waals surface area (Å²) in [5.74, 6) is -0.810. The first-order chi connectivity index (χ1) is 8.63. The first kappa shape index (κ1) is 12.7. The van der Waals surface area contributed by atoms with E-state index >= 15 is 0 Å². The number of aryl methyl sites for hydroxylation is 1. The molecule has 0 bridgehead atoms. The number of esters is 1. The van der Waals surface area contributed by atoms with Crippen molar-refractivity contribution in [2.24, 2.45) is 0 Å². The van der Waals surface area contributed by atoms with Crippen molar-refractivity contribution in [3.8, 4) is 10.6 Å². The molecule has 0 saturated heterocycles. The molecule has 2 rings (SSSR count). The van der Waals surface area contributed by atoms with Crippen molar-refractivity contribution < 1.29 is 13.9 Å². The van der Waals surface area contributed by atoms with Gasteiger partial charge in [-0.05, 0) is 26.0 Å². The Bertz CT molecular complexity index is 580. The maximum Gasteiger partial charge on any atom is 0.358 e. The summed E-state index contributed by atoms with van der Waals surface area (Å²) >= 11 is 1.28. The average molecular weight is 265 g/mol. The van der Waals surface area contributed by atoms with Crippen LogP contribution in [0.1, 0.15) is 22.3 Å². The van der Waals surface area contributed by atoms with Crippen molar-refractivity contribution in [1.82, 2.24) is 4.98 Å². The van der Waals surface area contributed by atoms with Gasteiger partial charge in [-0.25, -0.2) is 14.2 Å². The fourth-order valence-electron chi connectivity index (χ4n) is 1.54. The number of nitrogens with zero attached hydrogens (tertiary/aromatic N) is 1. The van der Waals surface area contributed by atoms with Gasteiger partial charge >= 0.3 is 5.97 Å². The number of rotatable bonds is 3. The number of carbonyl (C=O) groups excluding carboxylic acids is 1. The van der Waals surface area contributed by atoms with E-state index in [0.29, 0.717) is 17.2 Å². The lowest BCUT2D eigenvalue weighted by molar-refractivity contribution is 0.0519. The van der Waals surface area contributed by atoms with E-state index in [1.807, 2.05) is 0 Å². The number of hydrogen-bond donors (Lipinski definition) is 0. The van der Waals surface area contributed by atoms with Gasteiger partial charge in [-0.15, -0.1) is 11.3 Å². The maximum absolute atomic E-state index is 13.6. The number of halogens is 1. The highest BCUT2D eigenvalue weighted by atomic mass is 32.1. The Labute approximate surface area is 108 Å². The SMILES string of the molecule is CCOC(=O)c1nc(-c2ccccc2F)sc1C. The second-order valence-corrected chi connectivity index (χ2v) is 4.83. The minimum Gasteiger partial charge on any atom is -0.461 e. The molecule has 0 radical (unpaired) electrons. The largest absolute Gasteiger partial charge is 0.461 e. The van der Waals surface area contributed by atoms with Gasteiger partial charge in [0, 0.05) is 10.4 Å². The average Bonchev–Trinajstić information content (AvgIpc) is 2.72. The van der Waals surface area contributed by atoms with E-state index in [2.05, 4.69) is 4.98 Å². The predicted molar refractivity (Wildman–Crippen MR) is 68.2 cm³/mol. The number of aromatic nitrogens is 1. The number of benzene rings is 1. The van der Waals surface area contributed by atoms with Crippen LogP contribution in [-0.2, 0) is 4.74 Å². The molecule has 5 heteroatoms. The molecule has 0 fully saturated rings. The Morgan fingerprint density at radius 3 is 2.83 bits per heavy atom. The van der Waals surface area contributed by atoms with E-state index in [9.17, 15) is 9.18 Å². The minimum atomic E-state index is -0.464. The molecule has 0 saturated carbocycles. The number of carbonyl (C=O) groups is 1. The summed E-state index contributed by atoms with van der Waals surface area (Å²) in [6.07, 6.45) is 0. The van der Waals surface area contributed by atoms with Crippen LogP contribution in [0.4, 0.5) is 4.39 Å². The monoisotopic (exact) mass is 265 g/mol. The Morgan fingerprint density at radius 2 is 2.17 bits per heavy atom. The van der Waals surface area contributed by atoms with Gasteiger partial charge in [0.25, 0.3) is 0 Å². The molecule has 1 aromatic heterocycles. The van der Waals surface area contributed by atoms with Crippen molar-refractivity contribution >= 4 is 17.3 Å². The third kappa shape index (κ3) is 2.41. The Balaban J connectivity index is 2.41. The molecular formula is C13H12FNO2S. The van der Waals surface area contributed by atoms with Crippen LogP contribution in [0.2, 0.25) is 0 Å². The number of hydrogen-bond acceptors (Lipinski definition) is 4. The minimum absolute atomic E-state index is 0.264. The van der Waals surface area contributed by atoms with Crippen molar-refractivity contribution in [3.05, 3.63) is 40.7 Å². The predicted octanol–water partition coefficient (Wildman–Crippen LogP) is 3.43. The number of ether oxygens (including phenoxy) is 1. The second-order valence-electron chi connectivity index (χ2n) is 3.62. The zero-order valence-electron chi connectivity index (χ0n) is 10.1. The van der Waals surface area contributed by atoms with Crippen molar-refractivity contribution in [1.29, 1.82) is 0 Å². The van der Waals surface area contributed by atoms with Gasteiger partial charge in [0.05, 0.1) is 6.61 Å². The Kier molecular flexibility index (Phi) is 3.72. The summed E-state index contributed by atoms with van der Waals surface area (Å²) in [6, 6.07) is 6.36. The van der Waals surface area contributed by atoms with Gasteiger partial charge in [0.1, 0.15) is 10.8 Å². The van der Waals surface area contributed by atoms with E-state index in [0.717, 1.165) is 4.88 Å². The van der Waals surface area contributed by atoms with Gasteiger partial charge in [0.15, 0.2) is 5.69 Å². The van der Waals surface area contributed by atoms with E-state index in [-0.39, 0.29) is 11.5 Å². The van der Waals surface area contributed by atoms with E-state index < -0.39 is 5.97 Å². The summed E-state index contributed by atoms with van der Waals surface area (Å²) < 4.78 is 18.5. The highest BCUT2D eigenvalue weighted by Gasteiger charge is 2.18. The molecule has 1 heterocycles. The van der Waals surface area contributed by atoms with Gasteiger partial charge in [-0.3, -0.25) is 0 Å². The molecule has 3 nitrogen and oxygen atoms in total. The molecule has 0 N–H and O–H groups in total. The molecule has 0 spiro atoms. The lowest BCUT2D eigenvalue weighted by Gasteiger charge is -1.98. The van der Waals surface area contributed by atoms with Gasteiger partial charge in [-0.1, -0.05) is 12.1 Å². The van der Waals surface area contributed by atoms with Crippen molar-refractivity contribution in [2.75, 3.05) is 6.61 Å². The maximum atomic E-state index is 13.6. The third-order valence-electron chi connectivity index (χ3n) is 2.37. The van der Waals surface area contributed by atoms with Crippen LogP contribution in [0.15, 0.2) is 24.3 Å². The molecule has 0 atom stereocenters. The highest BCUT2D eigenvalue weighted by Crippen LogP contribution is 2.29. The second kappa shape index (κ2) is 5.27. The smallest absolute Gasteiger partial charge is 0.358 e. The van der Waals surface area contributed by atoms with E-state index in [1.165, 1.54) is 17.4 Å². The molecular weight excluding hydrogens is 253 g/mol. The summed E-state index contributed by atoms with van der Waals surface area (Å²) in [4.78, 5) is 16.5. The molecule has 0 unspecified atom stereocenters. The van der Waals surface area contributed by atoms with E-state index in [1.54, 1.807) is 32.0 Å². The van der Waals surface area contributed by atoms with Gasteiger partial charge < -0.3 is 4.74 Å². The molecule has 18 heavy (non-hydrogen) atoms. The fourth-order valence-corrected chi connectivity index (χ4v) is 2.46. The van der Waals surface area contributed by atoms with Crippen LogP contribution in [0, 0.1) is 12.7 Å². The summed E-state index contributed by atoms with van der Waals surface area (Å²) in [5, 5.41) is 0.494. The first-order valence-corrected chi connectivity index (χ1v) is 6.34. The third-order valence-corrected chi connectivity index (χ3v) is 3.37. The summed E-state index contributed by atoms with van der Waals surface area (Å²) in [7, 11) is 0. The first-order valence-electron chi connectivity index (χ1n) is 5.53. The lowest BCUT2D eigenvalue weighted by atomic mass is 10.2. The molecule has 0 aliphatic carbocycles. The van der Waals surface area contributed by atoms with Crippen LogP contribution in [-0.4, -0.2) is 17.6 Å². The normalized spacial score (nSPS) is 10.4. The van der Waals surface area contributed by atoms with Gasteiger partial charge in [0.2, 0.25) is 0 Å². The Morgan fingerprint density at radius 1 is 1.44 bits per heavy atom. The van der Waals surface area contributed by atoms with Crippen LogP contribution < -0.4 is 0 Å². The van der Waals surface area contributed by atoms with Crippen molar-refractivity contribution in [2.45, 2.75) is 13.8 Å². The molecule has 0 amide bonds. The van der Waals surface area contributed by atoms with Gasteiger partial charge in [-0.2, -0.15) is 0 Å². The highest BCUT2D eigenvalue weighted by molar-refractivity contribution is 7.15. The van der Waals surface area contributed by atoms with E-state index in [4.69, 9.17) is 4.74 Å². The Hall–Kier alpha value is -1.75. The summed E-state index contributed by atoms with van der Waals surface area (Å²) in [5.41, 5.74) is 0.668. The number of thiazole rings is 1. The standard InChI is InChI=1S/C13H12FNO2S/c1-3-17-13(16)11-8(2)18-12(15-11)9-6-4-5-7-10(9)14/h4-7H,3H2,1-2H3. The summed E-state index contributed by atoms with van der Waals surface area (Å²) in [6.45, 7) is 3.80. The molecule has 0 aliphatic rings. The van der Waals surface area contributed by atoms with Crippen LogP contribution in [0.3, 0.4) is 0 Å². The molecule has 1 aromatic carbocycles. The molecule has 2 aromatic rings. The molecule has 94 valence electrons. The quantitative estimate of drug-likeness (QED) is 0.798. The van der Waals surface area contributed by atoms with Crippen molar-refractivity contribution in [3.63, 3.8) is 0 Å². The zero-order chi connectivity index (χ0) is 13.1.